The van der Waals surface area contributed by atoms with E-state index in [0.29, 0.717) is 18.8 Å². The predicted molar refractivity (Wildman–Crippen MR) is 79.6 cm³/mol. The van der Waals surface area contributed by atoms with Crippen molar-refractivity contribution in [3.8, 4) is 0 Å². The summed E-state index contributed by atoms with van der Waals surface area (Å²) in [5.74, 6) is 0.695. The highest BCUT2D eigenvalue weighted by molar-refractivity contribution is 6.02. The Morgan fingerprint density at radius 2 is 1.89 bits per heavy atom. The Bertz CT molecular complexity index is 409. The van der Waals surface area contributed by atoms with Crippen molar-refractivity contribution in [2.24, 2.45) is 5.92 Å². The van der Waals surface area contributed by atoms with Gasteiger partial charge in [-0.05, 0) is 36.8 Å². The van der Waals surface area contributed by atoms with Crippen LogP contribution in [-0.4, -0.2) is 18.5 Å². The van der Waals surface area contributed by atoms with Gasteiger partial charge in [-0.25, -0.2) is 0 Å². The molecule has 2 nitrogen and oxygen atoms in total. The van der Waals surface area contributed by atoms with Crippen LogP contribution in [0.4, 0.5) is 0 Å². The first-order valence-electron chi connectivity index (χ1n) is 7.18. The number of ketones is 1. The zero-order valence-corrected chi connectivity index (χ0v) is 12.8. The first kappa shape index (κ1) is 15.9. The van der Waals surface area contributed by atoms with Gasteiger partial charge in [0.15, 0.2) is 5.78 Å². The van der Waals surface area contributed by atoms with Crippen LogP contribution in [0.25, 0.3) is 0 Å². The van der Waals surface area contributed by atoms with Crippen molar-refractivity contribution < 1.29 is 9.53 Å². The minimum Gasteiger partial charge on any atom is -0.370 e. The fourth-order valence-electron chi connectivity index (χ4n) is 2.53. The molecule has 19 heavy (non-hydrogen) atoms. The molecule has 1 aromatic rings. The van der Waals surface area contributed by atoms with Gasteiger partial charge in [-0.1, -0.05) is 45.9 Å². The summed E-state index contributed by atoms with van der Waals surface area (Å²) >= 11 is 0. The lowest BCUT2D eigenvalue weighted by atomic mass is 9.86. The summed E-state index contributed by atoms with van der Waals surface area (Å²) in [5.41, 5.74) is 1.32. The summed E-state index contributed by atoms with van der Waals surface area (Å²) in [6, 6.07) is 7.96. The number of rotatable bonds is 7. The molecule has 0 aliphatic carbocycles. The molecule has 0 bridgehead atoms. The van der Waals surface area contributed by atoms with Crippen molar-refractivity contribution in [2.45, 2.75) is 52.6 Å². The maximum atomic E-state index is 12.7. The summed E-state index contributed by atoms with van der Waals surface area (Å²) < 4.78 is 5.52. The molecule has 0 unspecified atom stereocenters. The van der Waals surface area contributed by atoms with Gasteiger partial charge in [0.25, 0.3) is 0 Å². The van der Waals surface area contributed by atoms with E-state index in [-0.39, 0.29) is 5.78 Å². The Hall–Kier alpha value is -1.15. The first-order chi connectivity index (χ1) is 8.99. The molecule has 2 heteroatoms. The summed E-state index contributed by atoms with van der Waals surface area (Å²) in [6.45, 7) is 8.38. The number of carbonyl (C=O) groups is 1. The molecule has 0 radical (unpaired) electrons. The number of carbonyl (C=O) groups excluding carboxylic acids is 1. The highest BCUT2D eigenvalue weighted by Gasteiger charge is 2.35. The van der Waals surface area contributed by atoms with Gasteiger partial charge < -0.3 is 4.74 Å². The van der Waals surface area contributed by atoms with Gasteiger partial charge in [-0.15, -0.1) is 0 Å². The van der Waals surface area contributed by atoms with Crippen molar-refractivity contribution in [1.29, 1.82) is 0 Å². The SMILES string of the molecule is CCC(CC)(OC)C(=O)c1cccc(CC(C)C)c1. The number of methoxy groups -OCH3 is 1. The van der Waals surface area contributed by atoms with Gasteiger partial charge in [-0.2, -0.15) is 0 Å². The van der Waals surface area contributed by atoms with E-state index in [1.807, 2.05) is 32.0 Å². The van der Waals surface area contributed by atoms with Crippen molar-refractivity contribution in [2.75, 3.05) is 7.11 Å². The van der Waals surface area contributed by atoms with Crippen LogP contribution in [0, 0.1) is 5.92 Å². The highest BCUT2D eigenvalue weighted by Crippen LogP contribution is 2.25. The summed E-state index contributed by atoms with van der Waals surface area (Å²) in [6.07, 6.45) is 2.40. The molecule has 1 rings (SSSR count). The monoisotopic (exact) mass is 262 g/mol. The smallest absolute Gasteiger partial charge is 0.194 e. The van der Waals surface area contributed by atoms with E-state index in [4.69, 9.17) is 4.74 Å². The number of ether oxygens (including phenoxy) is 1. The van der Waals surface area contributed by atoms with Crippen LogP contribution in [0.5, 0.6) is 0 Å². The van der Waals surface area contributed by atoms with E-state index in [1.54, 1.807) is 7.11 Å². The molecule has 0 saturated heterocycles. The normalized spacial score (nSPS) is 11.9. The molecule has 0 aliphatic heterocycles. The summed E-state index contributed by atoms with van der Waals surface area (Å²) in [5, 5.41) is 0. The third-order valence-corrected chi connectivity index (χ3v) is 3.78. The van der Waals surface area contributed by atoms with Crippen LogP contribution in [0.15, 0.2) is 24.3 Å². The highest BCUT2D eigenvalue weighted by atomic mass is 16.5. The standard InChI is InChI=1S/C17H26O2/c1-6-17(7-2,19-5)16(18)15-10-8-9-14(12-15)11-13(3)4/h8-10,12-13H,6-7,11H2,1-5H3. The Labute approximate surface area is 117 Å². The Morgan fingerprint density at radius 1 is 1.26 bits per heavy atom. The van der Waals surface area contributed by atoms with Crippen LogP contribution in [0.3, 0.4) is 0 Å². The quantitative estimate of drug-likeness (QED) is 0.686. The van der Waals surface area contributed by atoms with E-state index in [2.05, 4.69) is 19.9 Å². The molecule has 1 aromatic carbocycles. The number of hydrogen-bond acceptors (Lipinski definition) is 2. The largest absolute Gasteiger partial charge is 0.370 e. The second kappa shape index (κ2) is 6.85. The molecule has 0 amide bonds. The van der Waals surface area contributed by atoms with Crippen molar-refractivity contribution in [3.05, 3.63) is 35.4 Å². The minimum atomic E-state index is -0.670. The molecule has 106 valence electrons. The van der Waals surface area contributed by atoms with Gasteiger partial charge in [0, 0.05) is 12.7 Å². The molecule has 0 aromatic heterocycles. The predicted octanol–water partition coefficient (Wildman–Crippen LogP) is 4.27. The third kappa shape index (κ3) is 3.66. The zero-order valence-electron chi connectivity index (χ0n) is 12.8. The van der Waals surface area contributed by atoms with E-state index in [0.717, 1.165) is 12.0 Å². The van der Waals surface area contributed by atoms with E-state index >= 15 is 0 Å². The Morgan fingerprint density at radius 3 is 2.37 bits per heavy atom. The van der Waals surface area contributed by atoms with E-state index in [1.165, 1.54) is 5.56 Å². The molecule has 0 fully saturated rings. The molecule has 0 N–H and O–H groups in total. The Kier molecular flexibility index (Phi) is 5.74. The van der Waals surface area contributed by atoms with Gasteiger partial charge in [0.05, 0.1) is 0 Å². The second-order valence-corrected chi connectivity index (χ2v) is 5.53. The fourth-order valence-corrected chi connectivity index (χ4v) is 2.53. The Balaban J connectivity index is 3.05. The lowest BCUT2D eigenvalue weighted by Gasteiger charge is -2.28. The van der Waals surface area contributed by atoms with Crippen LogP contribution in [0.1, 0.15) is 56.5 Å². The van der Waals surface area contributed by atoms with Crippen LogP contribution >= 0.6 is 0 Å². The van der Waals surface area contributed by atoms with Crippen LogP contribution in [-0.2, 0) is 11.2 Å². The molecule has 0 saturated carbocycles. The molecular weight excluding hydrogens is 236 g/mol. The van der Waals surface area contributed by atoms with Gasteiger partial charge >= 0.3 is 0 Å². The minimum absolute atomic E-state index is 0.102. The molecule has 0 heterocycles. The molecule has 0 atom stereocenters. The lowest BCUT2D eigenvalue weighted by molar-refractivity contribution is -0.00261. The number of Topliss-reactive ketones (excluding diaryl/α,β-unsaturated/α-hetero) is 1. The molecule has 0 aliphatic rings. The van der Waals surface area contributed by atoms with Crippen molar-refractivity contribution in [1.82, 2.24) is 0 Å². The first-order valence-corrected chi connectivity index (χ1v) is 7.18. The summed E-state index contributed by atoms with van der Waals surface area (Å²) in [7, 11) is 1.63. The maximum Gasteiger partial charge on any atom is 0.194 e. The van der Waals surface area contributed by atoms with E-state index < -0.39 is 5.60 Å². The topological polar surface area (TPSA) is 26.3 Å². The lowest BCUT2D eigenvalue weighted by Crippen LogP contribution is -2.39. The maximum absolute atomic E-state index is 12.7. The summed E-state index contributed by atoms with van der Waals surface area (Å²) in [4.78, 5) is 12.7. The number of hydrogen-bond donors (Lipinski definition) is 0. The second-order valence-electron chi connectivity index (χ2n) is 5.53. The average Bonchev–Trinajstić information content (AvgIpc) is 2.40. The number of benzene rings is 1. The van der Waals surface area contributed by atoms with Gasteiger partial charge in [0.1, 0.15) is 5.60 Å². The molecule has 0 spiro atoms. The average molecular weight is 262 g/mol. The van der Waals surface area contributed by atoms with Crippen molar-refractivity contribution >= 4 is 5.78 Å². The molecular formula is C17H26O2. The zero-order chi connectivity index (χ0) is 14.5. The third-order valence-electron chi connectivity index (χ3n) is 3.78. The fraction of sp³-hybridized carbons (Fsp3) is 0.588. The van der Waals surface area contributed by atoms with Gasteiger partial charge in [-0.3, -0.25) is 4.79 Å². The van der Waals surface area contributed by atoms with Crippen LogP contribution in [0.2, 0.25) is 0 Å². The van der Waals surface area contributed by atoms with Crippen molar-refractivity contribution in [3.63, 3.8) is 0 Å². The van der Waals surface area contributed by atoms with E-state index in [9.17, 15) is 4.79 Å². The van der Waals surface area contributed by atoms with Gasteiger partial charge in [0.2, 0.25) is 0 Å². The van der Waals surface area contributed by atoms with Crippen LogP contribution < -0.4 is 0 Å².